The SMILES string of the molecule is Cc1cc(=O)oc2cc(OC[C@@H]3C=C(c4ccc(Br)cc4)NO3)ccc12. The summed E-state index contributed by atoms with van der Waals surface area (Å²) >= 11 is 3.42. The zero-order valence-corrected chi connectivity index (χ0v) is 15.6. The van der Waals surface area contributed by atoms with Gasteiger partial charge in [-0.05, 0) is 48.4 Å². The fourth-order valence-electron chi connectivity index (χ4n) is 2.83. The molecule has 5 nitrogen and oxygen atoms in total. The van der Waals surface area contributed by atoms with Gasteiger partial charge in [0.05, 0.1) is 5.70 Å². The molecule has 2 heterocycles. The summed E-state index contributed by atoms with van der Waals surface area (Å²) in [6.45, 7) is 2.22. The number of nitrogens with one attached hydrogen (secondary N) is 1. The average molecular weight is 414 g/mol. The van der Waals surface area contributed by atoms with E-state index in [4.69, 9.17) is 14.0 Å². The zero-order valence-electron chi connectivity index (χ0n) is 14.0. The van der Waals surface area contributed by atoms with E-state index < -0.39 is 0 Å². The molecule has 1 aliphatic rings. The van der Waals surface area contributed by atoms with Gasteiger partial charge in [0.15, 0.2) is 0 Å². The second-order valence-corrected chi connectivity index (χ2v) is 6.98. The third-order valence-electron chi connectivity index (χ3n) is 4.17. The average Bonchev–Trinajstić information content (AvgIpc) is 3.09. The Morgan fingerprint density at radius 2 is 1.96 bits per heavy atom. The largest absolute Gasteiger partial charge is 0.490 e. The maximum atomic E-state index is 11.5. The lowest BCUT2D eigenvalue weighted by atomic mass is 10.1. The second kappa shape index (κ2) is 6.97. The van der Waals surface area contributed by atoms with E-state index >= 15 is 0 Å². The van der Waals surface area contributed by atoms with Crippen molar-refractivity contribution in [2.45, 2.75) is 13.0 Å². The van der Waals surface area contributed by atoms with Crippen molar-refractivity contribution in [3.8, 4) is 5.75 Å². The van der Waals surface area contributed by atoms with Crippen LogP contribution in [0.5, 0.6) is 5.75 Å². The minimum absolute atomic E-state index is 0.214. The number of hydrogen-bond acceptors (Lipinski definition) is 5. The van der Waals surface area contributed by atoms with Crippen molar-refractivity contribution in [3.05, 3.63) is 80.6 Å². The predicted octanol–water partition coefficient (Wildman–Crippen LogP) is 4.19. The molecule has 1 aromatic heterocycles. The van der Waals surface area contributed by atoms with E-state index in [-0.39, 0.29) is 11.7 Å². The molecule has 0 unspecified atom stereocenters. The Morgan fingerprint density at radius 1 is 1.15 bits per heavy atom. The number of hydroxylamine groups is 1. The molecule has 0 amide bonds. The number of rotatable bonds is 4. The standard InChI is InChI=1S/C20H16BrNO4/c1-12-8-20(23)25-19-10-15(6-7-17(12)19)24-11-16-9-18(22-26-16)13-2-4-14(21)5-3-13/h2-10,16,22H,11H2,1H3/t16-/m0/s1. The van der Waals surface area contributed by atoms with E-state index in [1.165, 1.54) is 6.07 Å². The van der Waals surface area contributed by atoms with E-state index in [2.05, 4.69) is 21.4 Å². The summed E-state index contributed by atoms with van der Waals surface area (Å²) in [6.07, 6.45) is 1.77. The molecule has 1 N–H and O–H groups in total. The Labute approximate surface area is 158 Å². The molecule has 0 radical (unpaired) electrons. The number of ether oxygens (including phenoxy) is 1. The number of fused-ring (bicyclic) bond motifs is 1. The first-order valence-corrected chi connectivity index (χ1v) is 8.94. The Balaban J connectivity index is 1.47. The van der Waals surface area contributed by atoms with Crippen LogP contribution in [0.2, 0.25) is 0 Å². The zero-order chi connectivity index (χ0) is 18.1. The van der Waals surface area contributed by atoms with E-state index in [0.717, 1.165) is 26.7 Å². The van der Waals surface area contributed by atoms with E-state index in [1.54, 1.807) is 6.07 Å². The molecule has 3 aromatic rings. The maximum absolute atomic E-state index is 11.5. The topological polar surface area (TPSA) is 60.7 Å². The van der Waals surface area contributed by atoms with Gasteiger partial charge < -0.3 is 9.15 Å². The van der Waals surface area contributed by atoms with Crippen molar-refractivity contribution in [1.29, 1.82) is 0 Å². The number of halogens is 1. The lowest BCUT2D eigenvalue weighted by molar-refractivity contribution is 0.0236. The first kappa shape index (κ1) is 16.9. The molecule has 4 rings (SSSR count). The van der Waals surface area contributed by atoms with Crippen molar-refractivity contribution in [2.75, 3.05) is 6.61 Å². The number of hydrogen-bond donors (Lipinski definition) is 1. The lowest BCUT2D eigenvalue weighted by Crippen LogP contribution is -2.19. The summed E-state index contributed by atoms with van der Waals surface area (Å²) < 4.78 is 12.1. The fourth-order valence-corrected chi connectivity index (χ4v) is 3.10. The van der Waals surface area contributed by atoms with Gasteiger partial charge >= 0.3 is 5.63 Å². The number of aryl methyl sites for hydroxylation is 1. The first-order chi connectivity index (χ1) is 12.6. The highest BCUT2D eigenvalue weighted by Gasteiger charge is 2.18. The van der Waals surface area contributed by atoms with Gasteiger partial charge in [0.1, 0.15) is 24.0 Å². The van der Waals surface area contributed by atoms with E-state index in [0.29, 0.717) is 17.9 Å². The van der Waals surface area contributed by atoms with Crippen LogP contribution in [0.25, 0.3) is 16.7 Å². The highest BCUT2D eigenvalue weighted by molar-refractivity contribution is 9.10. The van der Waals surface area contributed by atoms with Gasteiger partial charge in [-0.2, -0.15) is 0 Å². The molecular formula is C20H16BrNO4. The maximum Gasteiger partial charge on any atom is 0.336 e. The molecule has 1 atom stereocenters. The lowest BCUT2D eigenvalue weighted by Gasteiger charge is -2.10. The second-order valence-electron chi connectivity index (χ2n) is 6.06. The molecule has 0 spiro atoms. The quantitative estimate of drug-likeness (QED) is 0.649. The molecule has 132 valence electrons. The van der Waals surface area contributed by atoms with Crippen LogP contribution in [0.15, 0.2) is 68.3 Å². The first-order valence-electron chi connectivity index (χ1n) is 8.15. The summed E-state index contributed by atoms with van der Waals surface area (Å²) in [4.78, 5) is 17.1. The molecule has 6 heteroatoms. The molecule has 2 aromatic carbocycles. The van der Waals surface area contributed by atoms with Gasteiger partial charge in [0, 0.05) is 22.0 Å². The van der Waals surface area contributed by atoms with Crippen LogP contribution in [-0.4, -0.2) is 12.7 Å². The van der Waals surface area contributed by atoms with Crippen LogP contribution in [0.3, 0.4) is 0 Å². The molecular weight excluding hydrogens is 398 g/mol. The van der Waals surface area contributed by atoms with Gasteiger partial charge in [-0.3, -0.25) is 10.3 Å². The Hall–Kier alpha value is -2.57. The predicted molar refractivity (Wildman–Crippen MR) is 103 cm³/mol. The summed E-state index contributed by atoms with van der Waals surface area (Å²) in [5.74, 6) is 0.625. The summed E-state index contributed by atoms with van der Waals surface area (Å²) in [5, 5.41) is 0.896. The van der Waals surface area contributed by atoms with Crippen molar-refractivity contribution in [1.82, 2.24) is 5.48 Å². The molecule has 26 heavy (non-hydrogen) atoms. The summed E-state index contributed by atoms with van der Waals surface area (Å²) in [7, 11) is 0. The van der Waals surface area contributed by atoms with Crippen molar-refractivity contribution < 1.29 is 14.0 Å². The van der Waals surface area contributed by atoms with Crippen LogP contribution in [-0.2, 0) is 4.84 Å². The Kier molecular flexibility index (Phi) is 4.53. The van der Waals surface area contributed by atoms with Crippen molar-refractivity contribution >= 4 is 32.6 Å². The van der Waals surface area contributed by atoms with Gasteiger partial charge in [0.25, 0.3) is 0 Å². The van der Waals surface area contributed by atoms with E-state index in [1.807, 2.05) is 49.4 Å². The van der Waals surface area contributed by atoms with Crippen LogP contribution >= 0.6 is 15.9 Å². The fraction of sp³-hybridized carbons (Fsp3) is 0.150. The van der Waals surface area contributed by atoms with Crippen LogP contribution in [0.1, 0.15) is 11.1 Å². The number of benzene rings is 2. The normalized spacial score (nSPS) is 16.4. The minimum Gasteiger partial charge on any atom is -0.490 e. The van der Waals surface area contributed by atoms with Crippen LogP contribution in [0.4, 0.5) is 0 Å². The van der Waals surface area contributed by atoms with Gasteiger partial charge in [-0.1, -0.05) is 28.1 Å². The van der Waals surface area contributed by atoms with Crippen molar-refractivity contribution in [2.24, 2.45) is 0 Å². The molecule has 1 aliphatic heterocycles. The summed E-state index contributed by atoms with van der Waals surface area (Å²) in [6, 6.07) is 14.9. The molecule has 0 saturated heterocycles. The molecule has 0 bridgehead atoms. The smallest absolute Gasteiger partial charge is 0.336 e. The minimum atomic E-state index is -0.363. The van der Waals surface area contributed by atoms with Gasteiger partial charge in [0.2, 0.25) is 0 Å². The third-order valence-corrected chi connectivity index (χ3v) is 4.69. The molecule has 0 fully saturated rings. The Morgan fingerprint density at radius 3 is 2.77 bits per heavy atom. The highest BCUT2D eigenvalue weighted by Crippen LogP contribution is 2.24. The van der Waals surface area contributed by atoms with E-state index in [9.17, 15) is 4.79 Å². The van der Waals surface area contributed by atoms with Gasteiger partial charge in [-0.15, -0.1) is 0 Å². The molecule has 0 aliphatic carbocycles. The van der Waals surface area contributed by atoms with Crippen LogP contribution < -0.4 is 15.8 Å². The third kappa shape index (κ3) is 3.52. The summed E-state index contributed by atoms with van der Waals surface area (Å²) in [5.41, 5.74) is 5.92. The monoisotopic (exact) mass is 413 g/mol. The van der Waals surface area contributed by atoms with Crippen molar-refractivity contribution in [3.63, 3.8) is 0 Å². The Bertz CT molecular complexity index is 1040. The van der Waals surface area contributed by atoms with Crippen LogP contribution in [0, 0.1) is 6.92 Å². The molecule has 0 saturated carbocycles. The highest BCUT2D eigenvalue weighted by atomic mass is 79.9. The van der Waals surface area contributed by atoms with Gasteiger partial charge in [-0.25, -0.2) is 4.79 Å².